The van der Waals surface area contributed by atoms with Crippen LogP contribution in [0.25, 0.3) is 5.69 Å². The third-order valence-corrected chi connectivity index (χ3v) is 5.98. The van der Waals surface area contributed by atoms with Gasteiger partial charge in [0.15, 0.2) is 0 Å². The minimum Gasteiger partial charge on any atom is -0.350 e. The van der Waals surface area contributed by atoms with Crippen LogP contribution in [-0.4, -0.2) is 20.8 Å². The zero-order chi connectivity index (χ0) is 20.0. The fourth-order valence-corrected chi connectivity index (χ4v) is 4.49. The standard InChI is InChI=1S/C22H23FN4O2/c1-13-9-10-16(23)20(11-13)27-19-8-4-7-17(15(19)12-24-27)25-22(28)21-14-5-2-3-6-18(14)26-29-21/h9-12,17H,2-8H2,1H3,(H,25,28)/t17-/m1/s1. The quantitative estimate of drug-likeness (QED) is 0.729. The van der Waals surface area contributed by atoms with Crippen LogP contribution >= 0.6 is 0 Å². The van der Waals surface area contributed by atoms with E-state index in [9.17, 15) is 9.18 Å². The van der Waals surface area contributed by atoms with Crippen LogP contribution < -0.4 is 5.32 Å². The first-order valence-corrected chi connectivity index (χ1v) is 10.2. The van der Waals surface area contributed by atoms with Gasteiger partial charge in [0.25, 0.3) is 5.91 Å². The van der Waals surface area contributed by atoms with Crippen molar-refractivity contribution in [2.24, 2.45) is 0 Å². The summed E-state index contributed by atoms with van der Waals surface area (Å²) in [7, 11) is 0. The maximum atomic E-state index is 14.4. The summed E-state index contributed by atoms with van der Waals surface area (Å²) in [5.41, 5.74) is 5.17. The van der Waals surface area contributed by atoms with Gasteiger partial charge in [-0.2, -0.15) is 5.10 Å². The smallest absolute Gasteiger partial charge is 0.290 e. The molecule has 150 valence electrons. The van der Waals surface area contributed by atoms with Gasteiger partial charge in [-0.25, -0.2) is 9.07 Å². The number of rotatable bonds is 3. The molecule has 1 atom stereocenters. The Morgan fingerprint density at radius 3 is 3.00 bits per heavy atom. The summed E-state index contributed by atoms with van der Waals surface area (Å²) in [6.07, 6.45) is 8.10. The van der Waals surface area contributed by atoms with Gasteiger partial charge in [-0.3, -0.25) is 4.79 Å². The van der Waals surface area contributed by atoms with Crippen molar-refractivity contribution in [3.63, 3.8) is 0 Å². The maximum Gasteiger partial charge on any atom is 0.290 e. The maximum absolute atomic E-state index is 14.4. The number of fused-ring (bicyclic) bond motifs is 2. The van der Waals surface area contributed by atoms with Gasteiger partial charge in [0, 0.05) is 16.8 Å². The molecule has 2 heterocycles. The van der Waals surface area contributed by atoms with Gasteiger partial charge in [0.2, 0.25) is 5.76 Å². The highest BCUT2D eigenvalue weighted by Crippen LogP contribution is 2.32. The molecule has 0 bridgehead atoms. The molecule has 7 heteroatoms. The van der Waals surface area contributed by atoms with Gasteiger partial charge in [0.1, 0.15) is 11.5 Å². The van der Waals surface area contributed by atoms with E-state index in [1.54, 1.807) is 23.0 Å². The first kappa shape index (κ1) is 18.1. The van der Waals surface area contributed by atoms with Crippen LogP contribution in [0.3, 0.4) is 0 Å². The Kier molecular flexibility index (Phi) is 4.45. The normalized spacial score (nSPS) is 18.2. The molecule has 3 aromatic rings. The average molecular weight is 394 g/mol. The van der Waals surface area contributed by atoms with E-state index in [1.165, 1.54) is 6.07 Å². The van der Waals surface area contributed by atoms with Crippen molar-refractivity contribution in [2.75, 3.05) is 0 Å². The molecule has 1 aromatic carbocycles. The summed E-state index contributed by atoms with van der Waals surface area (Å²) < 4.78 is 21.5. The zero-order valence-corrected chi connectivity index (χ0v) is 16.4. The topological polar surface area (TPSA) is 73.0 Å². The van der Waals surface area contributed by atoms with Crippen LogP contribution in [0.5, 0.6) is 0 Å². The van der Waals surface area contributed by atoms with E-state index >= 15 is 0 Å². The van der Waals surface area contributed by atoms with Crippen LogP contribution in [0.2, 0.25) is 0 Å². The number of carbonyl (C=O) groups excluding carboxylic acids is 1. The summed E-state index contributed by atoms with van der Waals surface area (Å²) in [5, 5.41) is 11.6. The largest absolute Gasteiger partial charge is 0.350 e. The molecule has 2 aromatic heterocycles. The highest BCUT2D eigenvalue weighted by Gasteiger charge is 2.30. The van der Waals surface area contributed by atoms with Crippen LogP contribution in [-0.2, 0) is 19.3 Å². The van der Waals surface area contributed by atoms with E-state index < -0.39 is 0 Å². The monoisotopic (exact) mass is 394 g/mol. The fourth-order valence-electron chi connectivity index (χ4n) is 4.49. The second-order valence-corrected chi connectivity index (χ2v) is 7.98. The molecular formula is C22H23FN4O2. The Morgan fingerprint density at radius 2 is 2.10 bits per heavy atom. The van der Waals surface area contributed by atoms with Crippen LogP contribution in [0.1, 0.15) is 70.4 Å². The van der Waals surface area contributed by atoms with E-state index in [4.69, 9.17) is 4.52 Å². The molecule has 0 radical (unpaired) electrons. The summed E-state index contributed by atoms with van der Waals surface area (Å²) in [5.74, 6) is -0.196. The summed E-state index contributed by atoms with van der Waals surface area (Å²) in [6.45, 7) is 1.93. The molecule has 5 rings (SSSR count). The summed E-state index contributed by atoms with van der Waals surface area (Å²) >= 11 is 0. The van der Waals surface area contributed by atoms with Crippen molar-refractivity contribution in [3.05, 3.63) is 64.1 Å². The number of nitrogens with one attached hydrogen (secondary N) is 1. The summed E-state index contributed by atoms with van der Waals surface area (Å²) in [6, 6.07) is 4.84. The summed E-state index contributed by atoms with van der Waals surface area (Å²) in [4.78, 5) is 12.9. The Balaban J connectivity index is 1.43. The lowest BCUT2D eigenvalue weighted by molar-refractivity contribution is 0.0894. The van der Waals surface area contributed by atoms with E-state index in [-0.39, 0.29) is 17.8 Å². The number of carbonyl (C=O) groups is 1. The zero-order valence-electron chi connectivity index (χ0n) is 16.4. The molecular weight excluding hydrogens is 371 g/mol. The number of benzene rings is 1. The molecule has 1 amide bonds. The SMILES string of the molecule is Cc1ccc(F)c(-n2ncc3c2CCC[C@H]3NC(=O)c2onc3c2CCCC3)c1. The van der Waals surface area contributed by atoms with E-state index in [1.807, 2.05) is 6.92 Å². The molecule has 0 spiro atoms. The Hall–Kier alpha value is -2.96. The minimum atomic E-state index is -0.305. The predicted molar refractivity (Wildman–Crippen MR) is 105 cm³/mol. The van der Waals surface area contributed by atoms with Gasteiger partial charge in [-0.1, -0.05) is 11.2 Å². The van der Waals surface area contributed by atoms with Gasteiger partial charge >= 0.3 is 0 Å². The molecule has 0 aliphatic heterocycles. The lowest BCUT2D eigenvalue weighted by atomic mass is 9.92. The third-order valence-electron chi connectivity index (χ3n) is 5.98. The van der Waals surface area contributed by atoms with Crippen molar-refractivity contribution < 1.29 is 13.7 Å². The lowest BCUT2D eigenvalue weighted by Crippen LogP contribution is -2.31. The van der Waals surface area contributed by atoms with Crippen LogP contribution in [0, 0.1) is 12.7 Å². The van der Waals surface area contributed by atoms with Gasteiger partial charge in [0.05, 0.1) is 17.9 Å². The molecule has 2 aliphatic carbocycles. The van der Waals surface area contributed by atoms with Crippen molar-refractivity contribution >= 4 is 5.91 Å². The number of aryl methyl sites for hydroxylation is 2. The number of hydrogen-bond donors (Lipinski definition) is 1. The van der Waals surface area contributed by atoms with Gasteiger partial charge in [-0.15, -0.1) is 0 Å². The molecule has 1 N–H and O–H groups in total. The van der Waals surface area contributed by atoms with Gasteiger partial charge in [-0.05, 0) is 69.6 Å². The second kappa shape index (κ2) is 7.13. The molecule has 0 fully saturated rings. The second-order valence-electron chi connectivity index (χ2n) is 7.98. The Bertz CT molecular complexity index is 1080. The number of halogens is 1. The van der Waals surface area contributed by atoms with Crippen LogP contribution in [0.4, 0.5) is 4.39 Å². The lowest BCUT2D eigenvalue weighted by Gasteiger charge is -2.24. The minimum absolute atomic E-state index is 0.169. The predicted octanol–water partition coefficient (Wildman–Crippen LogP) is 3.99. The fraction of sp³-hybridized carbons (Fsp3) is 0.409. The van der Waals surface area contributed by atoms with Crippen molar-refractivity contribution in [1.29, 1.82) is 0 Å². The third kappa shape index (κ3) is 3.14. The average Bonchev–Trinajstić information content (AvgIpc) is 3.35. The first-order chi connectivity index (χ1) is 14.1. The van der Waals surface area contributed by atoms with E-state index in [2.05, 4.69) is 15.6 Å². The molecule has 6 nitrogen and oxygen atoms in total. The molecule has 0 saturated carbocycles. The highest BCUT2D eigenvalue weighted by molar-refractivity contribution is 5.93. The van der Waals surface area contributed by atoms with E-state index in [0.29, 0.717) is 11.4 Å². The molecule has 2 aliphatic rings. The first-order valence-electron chi connectivity index (χ1n) is 10.2. The Labute approximate surface area is 168 Å². The number of nitrogens with zero attached hydrogens (tertiary/aromatic N) is 3. The Morgan fingerprint density at radius 1 is 1.24 bits per heavy atom. The molecule has 0 unspecified atom stereocenters. The van der Waals surface area contributed by atoms with Crippen molar-refractivity contribution in [3.8, 4) is 5.69 Å². The van der Waals surface area contributed by atoms with Crippen molar-refractivity contribution in [2.45, 2.75) is 57.9 Å². The highest BCUT2D eigenvalue weighted by atomic mass is 19.1. The van der Waals surface area contributed by atoms with Crippen molar-refractivity contribution in [1.82, 2.24) is 20.3 Å². The number of amides is 1. The van der Waals surface area contributed by atoms with E-state index in [0.717, 1.165) is 73.0 Å². The van der Waals surface area contributed by atoms with Crippen LogP contribution in [0.15, 0.2) is 28.9 Å². The van der Waals surface area contributed by atoms with Gasteiger partial charge < -0.3 is 9.84 Å². The molecule has 29 heavy (non-hydrogen) atoms. The number of hydrogen-bond acceptors (Lipinski definition) is 4. The molecule has 0 saturated heterocycles. The number of aromatic nitrogens is 3.